The van der Waals surface area contributed by atoms with Crippen molar-refractivity contribution in [1.29, 1.82) is 0 Å². The van der Waals surface area contributed by atoms with Crippen LogP contribution in [0.1, 0.15) is 32.1 Å². The summed E-state index contributed by atoms with van der Waals surface area (Å²) < 4.78 is 0. The molecule has 3 aliphatic rings. The Hall–Kier alpha value is -1.06. The Balaban J connectivity index is 1.56. The zero-order valence-corrected chi connectivity index (χ0v) is 9.97. The summed E-state index contributed by atoms with van der Waals surface area (Å²) in [6.45, 7) is 1.19. The molecule has 2 aliphatic carbocycles. The molecule has 0 radical (unpaired) electrons. The van der Waals surface area contributed by atoms with Gasteiger partial charge in [-0.05, 0) is 43.9 Å². The third-order valence-corrected chi connectivity index (χ3v) is 4.47. The van der Waals surface area contributed by atoms with Gasteiger partial charge in [0.1, 0.15) is 0 Å². The second kappa shape index (κ2) is 4.00. The lowest BCUT2D eigenvalue weighted by molar-refractivity contribution is -0.146. The van der Waals surface area contributed by atoms with Crippen molar-refractivity contribution in [2.75, 3.05) is 13.1 Å². The van der Waals surface area contributed by atoms with Gasteiger partial charge in [-0.1, -0.05) is 0 Å². The van der Waals surface area contributed by atoms with Crippen LogP contribution in [-0.2, 0) is 9.59 Å². The van der Waals surface area contributed by atoms with Gasteiger partial charge in [0.15, 0.2) is 0 Å². The first-order valence-electron chi connectivity index (χ1n) is 6.68. The van der Waals surface area contributed by atoms with Crippen LogP contribution in [0, 0.1) is 23.7 Å². The first-order chi connectivity index (χ1) is 8.16. The predicted molar refractivity (Wildman–Crippen MR) is 61.3 cm³/mol. The highest BCUT2D eigenvalue weighted by Gasteiger charge is 2.52. The summed E-state index contributed by atoms with van der Waals surface area (Å²) in [6, 6.07) is 0. The van der Waals surface area contributed by atoms with Gasteiger partial charge in [0.2, 0.25) is 5.91 Å². The molecule has 1 amide bonds. The van der Waals surface area contributed by atoms with E-state index in [0.29, 0.717) is 12.5 Å². The number of likely N-dealkylation sites (tertiary alicyclic amines) is 1. The van der Waals surface area contributed by atoms with Crippen LogP contribution in [0.3, 0.4) is 0 Å². The van der Waals surface area contributed by atoms with Crippen LogP contribution in [-0.4, -0.2) is 35.0 Å². The molecule has 0 aromatic rings. The Bertz CT molecular complexity index is 351. The Morgan fingerprint density at radius 3 is 2.59 bits per heavy atom. The fourth-order valence-electron chi connectivity index (χ4n) is 3.16. The van der Waals surface area contributed by atoms with E-state index in [9.17, 15) is 9.59 Å². The highest BCUT2D eigenvalue weighted by atomic mass is 16.4. The van der Waals surface area contributed by atoms with Crippen molar-refractivity contribution < 1.29 is 14.7 Å². The molecule has 1 N–H and O–H groups in total. The quantitative estimate of drug-likeness (QED) is 0.806. The number of carboxylic acid groups (broad SMARTS) is 1. The SMILES string of the molecule is O=C(O)C1CCCN(C(=O)C2CC2C2CC2)C1. The number of carbonyl (C=O) groups is 2. The Kier molecular flexibility index (Phi) is 2.60. The van der Waals surface area contributed by atoms with Crippen LogP contribution in [0.15, 0.2) is 0 Å². The number of piperidine rings is 1. The maximum atomic E-state index is 12.2. The highest BCUT2D eigenvalue weighted by Crippen LogP contribution is 2.55. The third kappa shape index (κ3) is 2.17. The van der Waals surface area contributed by atoms with Crippen LogP contribution < -0.4 is 0 Å². The topological polar surface area (TPSA) is 57.6 Å². The van der Waals surface area contributed by atoms with Gasteiger partial charge in [-0.25, -0.2) is 0 Å². The molecule has 0 aromatic heterocycles. The van der Waals surface area contributed by atoms with Crippen LogP contribution in [0.5, 0.6) is 0 Å². The maximum absolute atomic E-state index is 12.2. The molecule has 1 saturated heterocycles. The van der Waals surface area contributed by atoms with Gasteiger partial charge in [-0.15, -0.1) is 0 Å². The maximum Gasteiger partial charge on any atom is 0.308 e. The molecule has 3 fully saturated rings. The van der Waals surface area contributed by atoms with Gasteiger partial charge in [0.05, 0.1) is 5.92 Å². The number of aliphatic carboxylic acids is 1. The number of carboxylic acids is 1. The van der Waals surface area contributed by atoms with E-state index in [1.54, 1.807) is 4.90 Å². The van der Waals surface area contributed by atoms with Gasteiger partial charge in [0.25, 0.3) is 0 Å². The molecule has 0 aromatic carbocycles. The lowest BCUT2D eigenvalue weighted by Gasteiger charge is -2.31. The van der Waals surface area contributed by atoms with E-state index in [1.807, 2.05) is 0 Å². The zero-order valence-electron chi connectivity index (χ0n) is 9.97. The van der Waals surface area contributed by atoms with E-state index >= 15 is 0 Å². The van der Waals surface area contributed by atoms with Gasteiger partial charge >= 0.3 is 5.97 Å². The third-order valence-electron chi connectivity index (χ3n) is 4.47. The van der Waals surface area contributed by atoms with Crippen molar-refractivity contribution in [2.45, 2.75) is 32.1 Å². The molecular formula is C13H19NO3. The molecular weight excluding hydrogens is 218 g/mol. The Labute approximate surface area is 101 Å². The van der Waals surface area contributed by atoms with E-state index in [4.69, 9.17) is 5.11 Å². The molecule has 4 nitrogen and oxygen atoms in total. The van der Waals surface area contributed by atoms with E-state index in [1.165, 1.54) is 12.8 Å². The Morgan fingerprint density at radius 1 is 1.18 bits per heavy atom. The number of amides is 1. The minimum absolute atomic E-state index is 0.229. The minimum atomic E-state index is -0.753. The second-order valence-electron chi connectivity index (χ2n) is 5.81. The number of carbonyl (C=O) groups excluding carboxylic acids is 1. The number of hydrogen-bond donors (Lipinski definition) is 1. The van der Waals surface area contributed by atoms with Gasteiger partial charge < -0.3 is 10.0 Å². The molecule has 2 saturated carbocycles. The van der Waals surface area contributed by atoms with E-state index < -0.39 is 5.97 Å². The number of rotatable bonds is 3. The second-order valence-corrected chi connectivity index (χ2v) is 5.81. The van der Waals surface area contributed by atoms with Crippen LogP contribution in [0.2, 0.25) is 0 Å². The van der Waals surface area contributed by atoms with E-state index in [2.05, 4.69) is 0 Å². The summed E-state index contributed by atoms with van der Waals surface area (Å²) >= 11 is 0. The smallest absolute Gasteiger partial charge is 0.308 e. The summed E-state index contributed by atoms with van der Waals surface area (Å²) in [5.41, 5.74) is 0. The van der Waals surface area contributed by atoms with Crippen molar-refractivity contribution >= 4 is 11.9 Å². The average Bonchev–Trinajstić information content (AvgIpc) is 3.16. The molecule has 1 aliphatic heterocycles. The summed E-state index contributed by atoms with van der Waals surface area (Å²) in [5.74, 6) is 0.808. The average molecular weight is 237 g/mol. The van der Waals surface area contributed by atoms with Crippen molar-refractivity contribution in [3.05, 3.63) is 0 Å². The normalized spacial score (nSPS) is 36.7. The lowest BCUT2D eigenvalue weighted by atomic mass is 9.98. The van der Waals surface area contributed by atoms with E-state index in [0.717, 1.165) is 31.7 Å². The fourth-order valence-corrected chi connectivity index (χ4v) is 3.16. The van der Waals surface area contributed by atoms with Gasteiger partial charge in [0, 0.05) is 19.0 Å². The number of hydrogen-bond acceptors (Lipinski definition) is 2. The standard InChI is InChI=1S/C13H19NO3/c15-12(11-6-10(11)8-3-4-8)14-5-1-2-9(7-14)13(16)17/h8-11H,1-7H2,(H,16,17). The zero-order chi connectivity index (χ0) is 12.0. The van der Waals surface area contributed by atoms with Crippen LogP contribution >= 0.6 is 0 Å². The molecule has 3 unspecified atom stereocenters. The summed E-state index contributed by atoms with van der Waals surface area (Å²) in [4.78, 5) is 25.0. The minimum Gasteiger partial charge on any atom is -0.481 e. The van der Waals surface area contributed by atoms with Crippen molar-refractivity contribution in [2.24, 2.45) is 23.7 Å². The largest absolute Gasteiger partial charge is 0.481 e. The highest BCUT2D eigenvalue weighted by molar-refractivity contribution is 5.82. The van der Waals surface area contributed by atoms with Gasteiger partial charge in [-0.2, -0.15) is 0 Å². The Morgan fingerprint density at radius 2 is 1.94 bits per heavy atom. The lowest BCUT2D eigenvalue weighted by Crippen LogP contribution is -2.43. The van der Waals surface area contributed by atoms with Gasteiger partial charge in [-0.3, -0.25) is 9.59 Å². The first kappa shape index (κ1) is 11.1. The summed E-state index contributed by atoms with van der Waals surface area (Å²) in [6.07, 6.45) is 5.20. The summed E-state index contributed by atoms with van der Waals surface area (Å²) in [5, 5.41) is 9.00. The molecule has 1 heterocycles. The summed E-state index contributed by atoms with van der Waals surface area (Å²) in [7, 11) is 0. The number of nitrogens with zero attached hydrogens (tertiary/aromatic N) is 1. The molecule has 0 spiro atoms. The molecule has 3 rings (SSSR count). The molecule has 3 atom stereocenters. The molecule has 17 heavy (non-hydrogen) atoms. The first-order valence-corrected chi connectivity index (χ1v) is 6.68. The van der Waals surface area contributed by atoms with Crippen molar-refractivity contribution in [3.8, 4) is 0 Å². The van der Waals surface area contributed by atoms with Crippen LogP contribution in [0.25, 0.3) is 0 Å². The fraction of sp³-hybridized carbons (Fsp3) is 0.846. The predicted octanol–water partition coefficient (Wildman–Crippen LogP) is 1.36. The van der Waals surface area contributed by atoms with Crippen molar-refractivity contribution in [1.82, 2.24) is 4.90 Å². The van der Waals surface area contributed by atoms with Crippen molar-refractivity contribution in [3.63, 3.8) is 0 Å². The van der Waals surface area contributed by atoms with Crippen LogP contribution in [0.4, 0.5) is 0 Å². The molecule has 0 bridgehead atoms. The molecule has 4 heteroatoms. The molecule has 94 valence electrons. The monoisotopic (exact) mass is 237 g/mol. The van der Waals surface area contributed by atoms with E-state index in [-0.39, 0.29) is 17.7 Å².